The van der Waals surface area contributed by atoms with E-state index in [1.54, 1.807) is 37.3 Å². The van der Waals surface area contributed by atoms with Gasteiger partial charge in [-0.25, -0.2) is 0 Å². The summed E-state index contributed by atoms with van der Waals surface area (Å²) in [6.45, 7) is 4.47. The van der Waals surface area contributed by atoms with Crippen LogP contribution in [0.3, 0.4) is 0 Å². The maximum atomic E-state index is 12.7. The molecule has 0 saturated carbocycles. The van der Waals surface area contributed by atoms with E-state index < -0.39 is 0 Å². The molecule has 1 saturated heterocycles. The van der Waals surface area contributed by atoms with Crippen LogP contribution >= 0.6 is 0 Å². The van der Waals surface area contributed by atoms with Crippen molar-refractivity contribution in [3.05, 3.63) is 23.8 Å². The summed E-state index contributed by atoms with van der Waals surface area (Å²) >= 11 is 0. The monoisotopic (exact) mass is 307 g/mol. The van der Waals surface area contributed by atoms with E-state index in [4.69, 9.17) is 14.2 Å². The third kappa shape index (κ3) is 3.91. The van der Waals surface area contributed by atoms with E-state index in [2.05, 4.69) is 6.92 Å². The Hall–Kier alpha value is -1.75. The first kappa shape index (κ1) is 16.6. The lowest BCUT2D eigenvalue weighted by molar-refractivity contribution is 0.00916. The van der Waals surface area contributed by atoms with Gasteiger partial charge in [-0.15, -0.1) is 0 Å². The van der Waals surface area contributed by atoms with Crippen LogP contribution in [0.5, 0.6) is 11.5 Å². The number of hydrogen-bond donors (Lipinski definition) is 0. The van der Waals surface area contributed by atoms with Crippen molar-refractivity contribution in [2.75, 3.05) is 41.0 Å². The molecule has 0 aromatic heterocycles. The van der Waals surface area contributed by atoms with Gasteiger partial charge in [0.1, 0.15) is 11.5 Å². The first-order valence-corrected chi connectivity index (χ1v) is 7.54. The molecular weight excluding hydrogens is 282 g/mol. The number of methoxy groups -OCH3 is 2. The molecule has 5 nitrogen and oxygen atoms in total. The van der Waals surface area contributed by atoms with Gasteiger partial charge in [0, 0.05) is 38.4 Å². The second-order valence-electron chi connectivity index (χ2n) is 6.19. The molecular formula is C17H25NO4. The Labute approximate surface area is 132 Å². The van der Waals surface area contributed by atoms with Gasteiger partial charge in [0.2, 0.25) is 0 Å². The molecule has 5 heteroatoms. The second-order valence-corrected chi connectivity index (χ2v) is 6.19. The average molecular weight is 307 g/mol. The standard InChI is InChI=1S/C17H25NO4/c1-17(5-7-22-8-6-17)12-18(2)16(19)13-9-14(20-3)11-15(10-13)21-4/h9-11H,5-8,12H2,1-4H3. The largest absolute Gasteiger partial charge is 0.497 e. The highest BCUT2D eigenvalue weighted by Gasteiger charge is 2.30. The van der Waals surface area contributed by atoms with Gasteiger partial charge >= 0.3 is 0 Å². The van der Waals surface area contributed by atoms with E-state index in [1.807, 2.05) is 7.05 Å². The highest BCUT2D eigenvalue weighted by Crippen LogP contribution is 2.31. The Kier molecular flexibility index (Phi) is 5.29. The number of benzene rings is 1. The van der Waals surface area contributed by atoms with Crippen LogP contribution in [0.2, 0.25) is 0 Å². The fourth-order valence-electron chi connectivity index (χ4n) is 2.82. The molecule has 1 aliphatic heterocycles. The van der Waals surface area contributed by atoms with E-state index in [0.29, 0.717) is 23.6 Å². The van der Waals surface area contributed by atoms with E-state index in [0.717, 1.165) is 26.1 Å². The van der Waals surface area contributed by atoms with E-state index in [1.165, 1.54) is 0 Å². The van der Waals surface area contributed by atoms with Gasteiger partial charge in [0.15, 0.2) is 0 Å². The summed E-state index contributed by atoms with van der Waals surface area (Å²) in [6.07, 6.45) is 1.96. The number of nitrogens with zero attached hydrogens (tertiary/aromatic N) is 1. The van der Waals surface area contributed by atoms with Crippen molar-refractivity contribution in [2.45, 2.75) is 19.8 Å². The Morgan fingerprint density at radius 3 is 2.23 bits per heavy atom. The minimum absolute atomic E-state index is 0.0232. The van der Waals surface area contributed by atoms with Crippen LogP contribution in [0.1, 0.15) is 30.1 Å². The number of ether oxygens (including phenoxy) is 3. The summed E-state index contributed by atoms with van der Waals surface area (Å²) in [6, 6.07) is 5.25. The molecule has 0 N–H and O–H groups in total. The molecule has 122 valence electrons. The van der Waals surface area contributed by atoms with Crippen LogP contribution in [0, 0.1) is 5.41 Å². The van der Waals surface area contributed by atoms with Crippen LogP contribution in [0.4, 0.5) is 0 Å². The van der Waals surface area contributed by atoms with Gasteiger partial charge in [-0.05, 0) is 30.4 Å². The summed E-state index contributed by atoms with van der Waals surface area (Å²) in [5.74, 6) is 1.21. The summed E-state index contributed by atoms with van der Waals surface area (Å²) in [4.78, 5) is 14.5. The minimum atomic E-state index is -0.0232. The molecule has 1 fully saturated rings. The molecule has 22 heavy (non-hydrogen) atoms. The predicted octanol–water partition coefficient (Wildman–Crippen LogP) is 2.59. The maximum absolute atomic E-state index is 12.7. The molecule has 1 aromatic carbocycles. The molecule has 2 rings (SSSR count). The van der Waals surface area contributed by atoms with Crippen molar-refractivity contribution < 1.29 is 19.0 Å². The highest BCUT2D eigenvalue weighted by atomic mass is 16.5. The molecule has 1 heterocycles. The van der Waals surface area contributed by atoms with Crippen LogP contribution in [0.15, 0.2) is 18.2 Å². The first-order chi connectivity index (χ1) is 10.5. The number of amides is 1. The van der Waals surface area contributed by atoms with Crippen molar-refractivity contribution >= 4 is 5.91 Å². The fraction of sp³-hybridized carbons (Fsp3) is 0.588. The van der Waals surface area contributed by atoms with E-state index in [-0.39, 0.29) is 11.3 Å². The SMILES string of the molecule is COc1cc(OC)cc(C(=O)N(C)CC2(C)CCOCC2)c1. The summed E-state index contributed by atoms with van der Waals surface area (Å²) in [5, 5.41) is 0. The lowest BCUT2D eigenvalue weighted by Gasteiger charge is -2.36. The smallest absolute Gasteiger partial charge is 0.253 e. The van der Waals surface area contributed by atoms with Gasteiger partial charge in [-0.1, -0.05) is 6.92 Å². The molecule has 0 spiro atoms. The maximum Gasteiger partial charge on any atom is 0.253 e. The average Bonchev–Trinajstić information content (AvgIpc) is 2.53. The quantitative estimate of drug-likeness (QED) is 0.839. The predicted molar refractivity (Wildman–Crippen MR) is 84.7 cm³/mol. The summed E-state index contributed by atoms with van der Waals surface area (Å²) in [7, 11) is 5.00. The molecule has 0 radical (unpaired) electrons. The van der Waals surface area contributed by atoms with Crippen LogP contribution < -0.4 is 9.47 Å². The zero-order valence-corrected chi connectivity index (χ0v) is 13.8. The third-order valence-electron chi connectivity index (χ3n) is 4.26. The molecule has 1 aromatic rings. The Bertz CT molecular complexity index is 501. The normalized spacial score (nSPS) is 16.9. The van der Waals surface area contributed by atoms with Crippen molar-refractivity contribution in [2.24, 2.45) is 5.41 Å². The van der Waals surface area contributed by atoms with Gasteiger partial charge in [0.05, 0.1) is 14.2 Å². The van der Waals surface area contributed by atoms with E-state index >= 15 is 0 Å². The van der Waals surface area contributed by atoms with Crippen LogP contribution in [-0.2, 0) is 4.74 Å². The Balaban J connectivity index is 2.12. The van der Waals surface area contributed by atoms with Gasteiger partial charge < -0.3 is 19.1 Å². The van der Waals surface area contributed by atoms with Gasteiger partial charge in [0.25, 0.3) is 5.91 Å². The Morgan fingerprint density at radius 2 is 1.73 bits per heavy atom. The zero-order valence-electron chi connectivity index (χ0n) is 13.8. The summed E-state index contributed by atoms with van der Waals surface area (Å²) in [5.41, 5.74) is 0.695. The second kappa shape index (κ2) is 7.01. The number of carbonyl (C=O) groups excluding carboxylic acids is 1. The lowest BCUT2D eigenvalue weighted by Crippen LogP contribution is -2.40. The topological polar surface area (TPSA) is 48.0 Å². The van der Waals surface area contributed by atoms with Crippen molar-refractivity contribution in [3.63, 3.8) is 0 Å². The number of carbonyl (C=O) groups is 1. The van der Waals surface area contributed by atoms with E-state index in [9.17, 15) is 4.79 Å². The van der Waals surface area contributed by atoms with Crippen molar-refractivity contribution in [1.29, 1.82) is 0 Å². The van der Waals surface area contributed by atoms with Gasteiger partial charge in [-0.2, -0.15) is 0 Å². The zero-order chi connectivity index (χ0) is 16.2. The minimum Gasteiger partial charge on any atom is -0.497 e. The third-order valence-corrected chi connectivity index (χ3v) is 4.26. The fourth-order valence-corrected chi connectivity index (χ4v) is 2.82. The molecule has 1 amide bonds. The first-order valence-electron chi connectivity index (χ1n) is 7.54. The Morgan fingerprint density at radius 1 is 1.18 bits per heavy atom. The van der Waals surface area contributed by atoms with Crippen LogP contribution in [-0.4, -0.2) is 51.8 Å². The van der Waals surface area contributed by atoms with Crippen molar-refractivity contribution in [3.8, 4) is 11.5 Å². The number of hydrogen-bond acceptors (Lipinski definition) is 4. The molecule has 0 aliphatic carbocycles. The highest BCUT2D eigenvalue weighted by molar-refractivity contribution is 5.95. The lowest BCUT2D eigenvalue weighted by atomic mass is 9.82. The summed E-state index contributed by atoms with van der Waals surface area (Å²) < 4.78 is 15.9. The molecule has 1 aliphatic rings. The van der Waals surface area contributed by atoms with Crippen LogP contribution in [0.25, 0.3) is 0 Å². The molecule has 0 atom stereocenters. The number of rotatable bonds is 5. The molecule has 0 unspecified atom stereocenters. The van der Waals surface area contributed by atoms with Crippen molar-refractivity contribution in [1.82, 2.24) is 4.90 Å². The van der Waals surface area contributed by atoms with Gasteiger partial charge in [-0.3, -0.25) is 4.79 Å². The molecule has 0 bridgehead atoms.